The number of hydrogen-bond acceptors (Lipinski definition) is 52. The molecule has 8 heterocycles. The number of hydrogen-bond donors (Lipinski definition) is 34. The lowest BCUT2D eigenvalue weighted by molar-refractivity contribution is -0.366. The van der Waals surface area contributed by atoms with Gasteiger partial charge in [-0.15, -0.1) is 0 Å². The van der Waals surface area contributed by atoms with Gasteiger partial charge in [-0.05, 0) is 53.4 Å². The Morgan fingerprint density at radius 3 is 0.729 bits per heavy atom. The minimum Gasteiger partial charge on any atom is -0.394 e. The number of amides is 8. The quantitative estimate of drug-likeness (QED) is 0.0251. The number of aliphatic hydroxyl groups excluding tert-OH is 26. The van der Waals surface area contributed by atoms with Gasteiger partial charge < -0.3 is 251 Å². The normalized spacial score (nSPS) is 37.2. The summed E-state index contributed by atoms with van der Waals surface area (Å²) >= 11 is 0. The van der Waals surface area contributed by atoms with Gasteiger partial charge in [0.2, 0.25) is 47.3 Å². The maximum atomic E-state index is 13.2. The molecule has 8 aliphatic rings. The fourth-order valence-electron chi connectivity index (χ4n) is 16.0. The van der Waals surface area contributed by atoms with Gasteiger partial charge in [-0.3, -0.25) is 48.2 Å². The van der Waals surface area contributed by atoms with Crippen LogP contribution < -0.4 is 42.5 Å². The fraction of sp³-hybridized carbons (Fsp3) is 0.905. The van der Waals surface area contributed by atoms with Gasteiger partial charge in [0, 0.05) is 65.2 Å². The van der Waals surface area contributed by atoms with E-state index in [4.69, 9.17) is 75.8 Å². The Morgan fingerprint density at radius 2 is 0.465 bits per heavy atom. The first-order valence-corrected chi connectivity index (χ1v) is 47.7. The SMILES string of the molecule is CCNC(=O)CCCCCNC(=O)CN(CC(=O)NCCO[C@@H]1O[C@@H](C)[C@@H](O)[C@@H](O)[C@@H]1O)CC(=O)NCCO[C@@H]1O[C@H](CO[C@H]2O[C@H](CO)[C@@H](O)[C@H](O)[C@@H]2O)[C@@H](O)[C@H](O[C@H]2O[C@H](CO)[C@@H](O)[C@H](O)[C@@H]2O)[C@H]1O.CCNC(=O)CCCCCNC(=O)CN(CC(=O)NCCO[C@@H]1O[C@@H](C)[C@@H](O)[C@@H](O)[C@@H]1O)CC(=O)NCCO[C@H]1O[C@H](CO[C@H]2O[C@H](CO)[C@@H](O)[C@H](O)[C@@H]2O)[C@@H](O)[C@H](O[C@H]2O[C@H](CO)[C@@H](O)[C@H](O)[C@@H]2O)[C@@H]1O. The largest absolute Gasteiger partial charge is 0.394 e. The zero-order chi connectivity index (χ0) is 106. The Kier molecular flexibility index (Phi) is 55.0. The second-order valence-corrected chi connectivity index (χ2v) is 35.5. The van der Waals surface area contributed by atoms with Crippen LogP contribution in [0.15, 0.2) is 0 Å². The fourth-order valence-corrected chi connectivity index (χ4v) is 16.0. The van der Waals surface area contributed by atoms with Gasteiger partial charge in [0.15, 0.2) is 50.3 Å². The van der Waals surface area contributed by atoms with Gasteiger partial charge in [0.05, 0.1) is 118 Å². The molecule has 0 saturated carbocycles. The van der Waals surface area contributed by atoms with Crippen LogP contribution in [-0.2, 0) is 114 Å². The van der Waals surface area contributed by atoms with E-state index in [1.165, 1.54) is 23.6 Å². The lowest BCUT2D eigenvalue weighted by Crippen LogP contribution is -2.65. The van der Waals surface area contributed by atoms with Crippen molar-refractivity contribution < 1.29 is 247 Å². The maximum Gasteiger partial charge on any atom is 0.234 e. The van der Waals surface area contributed by atoms with Gasteiger partial charge in [0.1, 0.15) is 183 Å². The summed E-state index contributed by atoms with van der Waals surface area (Å²) in [4.78, 5) is 104. The molecule has 8 amide bonds. The average molecular weight is 2100 g/mol. The lowest BCUT2D eigenvalue weighted by Gasteiger charge is -2.46. The van der Waals surface area contributed by atoms with Crippen LogP contribution in [0.1, 0.15) is 79.1 Å². The topological polar surface area (TPSA) is 913 Å². The van der Waals surface area contributed by atoms with Gasteiger partial charge in [-0.2, -0.15) is 0 Å². The van der Waals surface area contributed by atoms with Crippen molar-refractivity contribution in [3.05, 3.63) is 0 Å². The summed E-state index contributed by atoms with van der Waals surface area (Å²) in [5, 5.41) is 289. The molecule has 0 aromatic heterocycles. The number of rotatable bonds is 56. The van der Waals surface area contributed by atoms with Gasteiger partial charge in [0.25, 0.3) is 0 Å². The molecule has 8 aliphatic heterocycles. The predicted molar refractivity (Wildman–Crippen MR) is 472 cm³/mol. The molecule has 144 heavy (non-hydrogen) atoms. The van der Waals surface area contributed by atoms with Crippen molar-refractivity contribution in [2.45, 2.75) is 325 Å². The van der Waals surface area contributed by atoms with Gasteiger partial charge >= 0.3 is 0 Å². The first-order chi connectivity index (χ1) is 68.4. The highest BCUT2D eigenvalue weighted by Gasteiger charge is 2.56. The Morgan fingerprint density at radius 1 is 0.236 bits per heavy atom. The molecule has 0 spiro atoms. The highest BCUT2D eigenvalue weighted by atomic mass is 16.8. The molecule has 0 bridgehead atoms. The standard InChI is InChI=1S/2C42H75N5O25/c2*1-3-43-23(50)7-5-4-6-8-44-24(51)13-47(14-25(52)45-9-11-65-39-34(61)31(58)27(54)19(2)68-39)15-26(53)46-10-12-66-41-37(64)38(72-42-36(63)33(60)29(56)21(17-49)70-42)30(57)22(71-41)18-67-40-35(62)32(59)28(55)20(16-48)69-40/h2*19-22,27-42,48-49,54-64H,3-18H2,1-2H3,(H,43,50)(H,44,51)(H,45,52)(H,46,53)/t19-,20+,21+,22+,27+,28+,29+,30+,31+,32-,33-,34-,35-,36-,37+,38-,39+,40-,41+,42+;19-,20+,21+,22+,27+,28+,29+,30+,31+,32-,33-,34-,35-,36-,37-,38-,39+,40-,41-,42+/m00/s1. The van der Waals surface area contributed by atoms with Crippen molar-refractivity contribution >= 4 is 47.3 Å². The second kappa shape index (κ2) is 63.3. The van der Waals surface area contributed by atoms with Crippen molar-refractivity contribution in [2.24, 2.45) is 0 Å². The van der Waals surface area contributed by atoms with E-state index in [9.17, 15) is 171 Å². The average Bonchev–Trinajstić information content (AvgIpc) is 0.786. The Labute approximate surface area is 826 Å². The van der Waals surface area contributed by atoms with Gasteiger partial charge in [-0.25, -0.2) is 0 Å². The van der Waals surface area contributed by atoms with E-state index < -0.39 is 373 Å². The van der Waals surface area contributed by atoms with Crippen molar-refractivity contribution in [3.8, 4) is 0 Å². The van der Waals surface area contributed by atoms with Gasteiger partial charge in [-0.1, -0.05) is 12.8 Å². The van der Waals surface area contributed by atoms with Crippen LogP contribution in [0, 0.1) is 0 Å². The molecule has 40 atom stereocenters. The first kappa shape index (κ1) is 125. The first-order valence-electron chi connectivity index (χ1n) is 47.7. The Hall–Kier alpha value is -6.00. The third-order valence-corrected chi connectivity index (χ3v) is 24.3. The molecule has 60 heteroatoms. The van der Waals surface area contributed by atoms with Crippen molar-refractivity contribution in [1.82, 2.24) is 52.3 Å². The summed E-state index contributed by atoms with van der Waals surface area (Å²) in [5.41, 5.74) is 0. The second-order valence-electron chi connectivity index (χ2n) is 35.5. The summed E-state index contributed by atoms with van der Waals surface area (Å²) in [6.45, 7) is -1.48. The highest BCUT2D eigenvalue weighted by molar-refractivity contribution is 5.85. The van der Waals surface area contributed by atoms with Crippen LogP contribution in [-0.4, -0.2) is 593 Å². The number of aliphatic hydroxyl groups is 26. The zero-order valence-electron chi connectivity index (χ0n) is 80.0. The van der Waals surface area contributed by atoms with Crippen molar-refractivity contribution in [3.63, 3.8) is 0 Å². The van der Waals surface area contributed by atoms with Crippen LogP contribution in [0.2, 0.25) is 0 Å². The highest BCUT2D eigenvalue weighted by Crippen LogP contribution is 2.35. The monoisotopic (exact) mass is 2100 g/mol. The molecule has 0 radical (unpaired) electrons. The van der Waals surface area contributed by atoms with Crippen LogP contribution in [0.4, 0.5) is 0 Å². The molecule has 0 unspecified atom stereocenters. The van der Waals surface area contributed by atoms with E-state index >= 15 is 0 Å². The molecule has 8 saturated heterocycles. The summed E-state index contributed by atoms with van der Waals surface area (Å²) in [6.07, 6.45) is -61.8. The van der Waals surface area contributed by atoms with Crippen LogP contribution in [0.3, 0.4) is 0 Å². The van der Waals surface area contributed by atoms with E-state index in [0.29, 0.717) is 64.5 Å². The minimum atomic E-state index is -1.97. The third kappa shape index (κ3) is 37.8. The number of carbonyl (C=O) groups excluding carboxylic acids is 8. The molecule has 8 rings (SSSR count). The zero-order valence-corrected chi connectivity index (χ0v) is 80.0. The molecule has 0 aromatic carbocycles. The van der Waals surface area contributed by atoms with E-state index in [2.05, 4.69) is 42.5 Å². The van der Waals surface area contributed by atoms with E-state index in [-0.39, 0.29) is 64.3 Å². The van der Waals surface area contributed by atoms with Crippen LogP contribution in [0.25, 0.3) is 0 Å². The molecule has 60 nitrogen and oxygen atoms in total. The third-order valence-electron chi connectivity index (χ3n) is 24.3. The molecule has 34 N–H and O–H groups in total. The summed E-state index contributed by atoms with van der Waals surface area (Å²) in [6, 6.07) is 0. The van der Waals surface area contributed by atoms with E-state index in [1.807, 2.05) is 13.8 Å². The molecular formula is C84H150N10O50. The summed E-state index contributed by atoms with van der Waals surface area (Å²) < 4.78 is 88.5. The molecule has 8 fully saturated rings. The van der Waals surface area contributed by atoms with E-state index in [0.717, 1.165) is 0 Å². The Balaban J connectivity index is 0.000000391. The predicted octanol–water partition coefficient (Wildman–Crippen LogP) is -20.7. The minimum absolute atomic E-state index is 0.0834. The molecular weight excluding hydrogens is 1950 g/mol. The van der Waals surface area contributed by atoms with E-state index in [1.54, 1.807) is 0 Å². The van der Waals surface area contributed by atoms with Crippen molar-refractivity contribution in [2.75, 3.05) is 158 Å². The molecule has 836 valence electrons. The maximum absolute atomic E-state index is 13.2. The summed E-state index contributed by atoms with van der Waals surface area (Å²) in [7, 11) is 0. The molecule has 0 aliphatic carbocycles. The van der Waals surface area contributed by atoms with Crippen molar-refractivity contribution in [1.29, 1.82) is 0 Å². The Bertz CT molecular complexity index is 3520. The van der Waals surface area contributed by atoms with Crippen LogP contribution >= 0.6 is 0 Å². The molecule has 0 aromatic rings. The lowest BCUT2D eigenvalue weighted by atomic mass is 9.96. The smallest absolute Gasteiger partial charge is 0.234 e. The summed E-state index contributed by atoms with van der Waals surface area (Å²) in [5.74, 6) is -3.92. The number of nitrogens with zero attached hydrogens (tertiary/aromatic N) is 2. The van der Waals surface area contributed by atoms with Crippen LogP contribution in [0.5, 0.6) is 0 Å². The number of nitrogens with one attached hydrogen (secondary N) is 8. The number of ether oxygens (including phenoxy) is 16. The number of unbranched alkanes of at least 4 members (excludes halogenated alkanes) is 4. The number of carbonyl (C=O) groups is 8.